The van der Waals surface area contributed by atoms with E-state index < -0.39 is 0 Å². The summed E-state index contributed by atoms with van der Waals surface area (Å²) in [5, 5.41) is 0. The zero-order valence-electron chi connectivity index (χ0n) is 11.3. The number of hydrogen-bond donors (Lipinski definition) is 1. The number of ether oxygens (including phenoxy) is 1. The first-order valence-electron chi connectivity index (χ1n) is 6.24. The van der Waals surface area contributed by atoms with E-state index in [0.29, 0.717) is 19.4 Å². The predicted octanol–water partition coefficient (Wildman–Crippen LogP) is 1.28. The second kappa shape index (κ2) is 6.24. The van der Waals surface area contributed by atoms with Crippen LogP contribution in [0.5, 0.6) is 5.75 Å². The maximum Gasteiger partial charge on any atom is 0.136 e. The van der Waals surface area contributed by atoms with E-state index in [-0.39, 0.29) is 0 Å². The lowest BCUT2D eigenvalue weighted by molar-refractivity contribution is 0.414. The van der Waals surface area contributed by atoms with E-state index in [1.807, 2.05) is 31.2 Å². The summed E-state index contributed by atoms with van der Waals surface area (Å²) in [6, 6.07) is 7.90. The second-order valence-corrected chi connectivity index (χ2v) is 4.28. The number of aryl methyl sites for hydroxylation is 1. The molecule has 5 nitrogen and oxygen atoms in total. The van der Waals surface area contributed by atoms with Gasteiger partial charge in [-0.15, -0.1) is 0 Å². The third-order valence-corrected chi connectivity index (χ3v) is 2.73. The Hall–Kier alpha value is -2.01. The average molecular weight is 258 g/mol. The van der Waals surface area contributed by atoms with Crippen LogP contribution in [0.2, 0.25) is 0 Å². The van der Waals surface area contributed by atoms with Crippen LogP contribution in [0.15, 0.2) is 24.3 Å². The topological polar surface area (TPSA) is 73.9 Å². The number of aromatic nitrogens is 3. The number of hydrogen-bond acceptors (Lipinski definition) is 5. The van der Waals surface area contributed by atoms with Gasteiger partial charge >= 0.3 is 0 Å². The molecule has 19 heavy (non-hydrogen) atoms. The number of nitrogens with zero attached hydrogens (tertiary/aromatic N) is 3. The summed E-state index contributed by atoms with van der Waals surface area (Å²) in [6.45, 7) is 2.42. The van der Waals surface area contributed by atoms with E-state index in [2.05, 4.69) is 15.0 Å². The molecule has 0 amide bonds. The fraction of sp³-hybridized carbons (Fsp3) is 0.357. The van der Waals surface area contributed by atoms with E-state index in [4.69, 9.17) is 10.5 Å². The standard InChI is InChI=1S/C14H18N4O/c1-10-16-13(7-8-15)18-14(17-10)9-11-3-5-12(19-2)6-4-11/h3-6H,7-9,15H2,1-2H3. The Morgan fingerprint density at radius 3 is 2.37 bits per heavy atom. The molecule has 2 aromatic rings. The first-order valence-corrected chi connectivity index (χ1v) is 6.24. The quantitative estimate of drug-likeness (QED) is 0.874. The highest BCUT2D eigenvalue weighted by molar-refractivity contribution is 5.28. The molecule has 2 N–H and O–H groups in total. The Bertz CT molecular complexity index is 540. The van der Waals surface area contributed by atoms with Crippen LogP contribution >= 0.6 is 0 Å². The van der Waals surface area contributed by atoms with Gasteiger partial charge in [0.2, 0.25) is 0 Å². The largest absolute Gasteiger partial charge is 0.497 e. The van der Waals surface area contributed by atoms with Crippen molar-refractivity contribution in [2.75, 3.05) is 13.7 Å². The van der Waals surface area contributed by atoms with Crippen LogP contribution in [-0.2, 0) is 12.8 Å². The van der Waals surface area contributed by atoms with E-state index in [0.717, 1.165) is 28.8 Å². The Morgan fingerprint density at radius 1 is 1.05 bits per heavy atom. The van der Waals surface area contributed by atoms with Crippen molar-refractivity contribution in [3.8, 4) is 5.75 Å². The molecule has 0 bridgehead atoms. The van der Waals surface area contributed by atoms with Gasteiger partial charge in [-0.2, -0.15) is 0 Å². The normalized spacial score (nSPS) is 10.5. The van der Waals surface area contributed by atoms with Gasteiger partial charge in [0, 0.05) is 12.8 Å². The SMILES string of the molecule is COc1ccc(Cc2nc(C)nc(CCN)n2)cc1. The molecule has 100 valence electrons. The van der Waals surface area contributed by atoms with Gasteiger partial charge in [0.1, 0.15) is 23.2 Å². The number of methoxy groups -OCH3 is 1. The van der Waals surface area contributed by atoms with E-state index >= 15 is 0 Å². The Balaban J connectivity index is 2.17. The highest BCUT2D eigenvalue weighted by atomic mass is 16.5. The molecule has 1 aromatic carbocycles. The molecule has 1 aromatic heterocycles. The van der Waals surface area contributed by atoms with Crippen LogP contribution in [0.1, 0.15) is 23.0 Å². The molecule has 0 radical (unpaired) electrons. The van der Waals surface area contributed by atoms with Crippen molar-refractivity contribution >= 4 is 0 Å². The zero-order valence-corrected chi connectivity index (χ0v) is 11.3. The fourth-order valence-electron chi connectivity index (χ4n) is 1.84. The van der Waals surface area contributed by atoms with E-state index in [9.17, 15) is 0 Å². The van der Waals surface area contributed by atoms with Crippen molar-refractivity contribution in [3.63, 3.8) is 0 Å². The van der Waals surface area contributed by atoms with Gasteiger partial charge in [-0.05, 0) is 31.2 Å². The van der Waals surface area contributed by atoms with Crippen LogP contribution < -0.4 is 10.5 Å². The molecule has 0 fully saturated rings. The van der Waals surface area contributed by atoms with Crippen LogP contribution in [0.25, 0.3) is 0 Å². The lowest BCUT2D eigenvalue weighted by atomic mass is 10.1. The van der Waals surface area contributed by atoms with Crippen molar-refractivity contribution in [2.24, 2.45) is 5.73 Å². The third-order valence-electron chi connectivity index (χ3n) is 2.73. The molecule has 0 atom stereocenters. The first kappa shape index (κ1) is 13.4. The number of rotatable bonds is 5. The molecular weight excluding hydrogens is 240 g/mol. The van der Waals surface area contributed by atoms with Gasteiger partial charge in [0.05, 0.1) is 7.11 Å². The van der Waals surface area contributed by atoms with Crippen molar-refractivity contribution in [1.29, 1.82) is 0 Å². The molecule has 0 spiro atoms. The van der Waals surface area contributed by atoms with Crippen molar-refractivity contribution in [1.82, 2.24) is 15.0 Å². The second-order valence-electron chi connectivity index (χ2n) is 4.28. The molecule has 1 heterocycles. The molecule has 0 saturated heterocycles. The minimum Gasteiger partial charge on any atom is -0.497 e. The smallest absolute Gasteiger partial charge is 0.136 e. The molecule has 0 aliphatic carbocycles. The van der Waals surface area contributed by atoms with Gasteiger partial charge in [-0.3, -0.25) is 0 Å². The number of benzene rings is 1. The van der Waals surface area contributed by atoms with E-state index in [1.165, 1.54) is 0 Å². The molecular formula is C14H18N4O. The van der Waals surface area contributed by atoms with Gasteiger partial charge in [0.15, 0.2) is 0 Å². The van der Waals surface area contributed by atoms with E-state index in [1.54, 1.807) is 7.11 Å². The van der Waals surface area contributed by atoms with Crippen molar-refractivity contribution in [2.45, 2.75) is 19.8 Å². The number of nitrogens with two attached hydrogens (primary N) is 1. The maximum absolute atomic E-state index is 5.53. The average Bonchev–Trinajstić information content (AvgIpc) is 2.39. The highest BCUT2D eigenvalue weighted by Crippen LogP contribution is 2.13. The lowest BCUT2D eigenvalue weighted by Crippen LogP contribution is -2.11. The summed E-state index contributed by atoms with van der Waals surface area (Å²) in [5.41, 5.74) is 6.67. The molecule has 5 heteroatoms. The summed E-state index contributed by atoms with van der Waals surface area (Å²) in [4.78, 5) is 13.1. The predicted molar refractivity (Wildman–Crippen MR) is 73.1 cm³/mol. The monoisotopic (exact) mass is 258 g/mol. The first-order chi connectivity index (χ1) is 9.21. The van der Waals surface area contributed by atoms with Crippen LogP contribution in [-0.4, -0.2) is 28.6 Å². The molecule has 0 aliphatic heterocycles. The third kappa shape index (κ3) is 3.72. The molecule has 0 unspecified atom stereocenters. The Labute approximate surface area is 112 Å². The highest BCUT2D eigenvalue weighted by Gasteiger charge is 2.05. The minimum absolute atomic E-state index is 0.547. The van der Waals surface area contributed by atoms with Crippen LogP contribution in [0, 0.1) is 6.92 Å². The Kier molecular flexibility index (Phi) is 4.41. The van der Waals surface area contributed by atoms with Crippen LogP contribution in [0.4, 0.5) is 0 Å². The fourth-order valence-corrected chi connectivity index (χ4v) is 1.84. The summed E-state index contributed by atoms with van der Waals surface area (Å²) >= 11 is 0. The molecule has 2 rings (SSSR count). The van der Waals surface area contributed by atoms with Crippen LogP contribution in [0.3, 0.4) is 0 Å². The lowest BCUT2D eigenvalue weighted by Gasteiger charge is -2.05. The molecule has 0 saturated carbocycles. The maximum atomic E-state index is 5.53. The summed E-state index contributed by atoms with van der Waals surface area (Å²) in [6.07, 6.45) is 1.36. The van der Waals surface area contributed by atoms with Gasteiger partial charge < -0.3 is 10.5 Å². The van der Waals surface area contributed by atoms with Gasteiger partial charge in [-0.1, -0.05) is 12.1 Å². The Morgan fingerprint density at radius 2 is 1.74 bits per heavy atom. The zero-order chi connectivity index (χ0) is 13.7. The van der Waals surface area contributed by atoms with Crippen molar-refractivity contribution in [3.05, 3.63) is 47.3 Å². The summed E-state index contributed by atoms with van der Waals surface area (Å²) in [7, 11) is 1.66. The molecule has 0 aliphatic rings. The summed E-state index contributed by atoms with van der Waals surface area (Å²) < 4.78 is 5.13. The van der Waals surface area contributed by atoms with Gasteiger partial charge in [-0.25, -0.2) is 15.0 Å². The van der Waals surface area contributed by atoms with Crippen molar-refractivity contribution < 1.29 is 4.74 Å². The minimum atomic E-state index is 0.547. The summed E-state index contributed by atoms with van der Waals surface area (Å²) in [5.74, 6) is 3.13. The van der Waals surface area contributed by atoms with Gasteiger partial charge in [0.25, 0.3) is 0 Å².